The Morgan fingerprint density at radius 1 is 1.30 bits per heavy atom. The Bertz CT molecular complexity index is 633. The van der Waals surface area contributed by atoms with Crippen molar-refractivity contribution < 1.29 is 9.90 Å². The van der Waals surface area contributed by atoms with E-state index in [4.69, 9.17) is 0 Å². The molecule has 0 aliphatic carbocycles. The third-order valence-corrected chi connectivity index (χ3v) is 3.83. The molecule has 1 heterocycles. The number of nitrogens with zero attached hydrogens (tertiary/aromatic N) is 1. The van der Waals surface area contributed by atoms with E-state index in [0.717, 1.165) is 22.3 Å². The zero-order valence-electron chi connectivity index (χ0n) is 12.1. The SMILES string of the molecule is CCC(CC)(Nc1cc(C)nc2ccccc12)C(=O)O. The maximum absolute atomic E-state index is 11.6. The molecule has 1 aromatic carbocycles. The van der Waals surface area contributed by atoms with Crippen LogP contribution in [0.5, 0.6) is 0 Å². The molecule has 4 nitrogen and oxygen atoms in total. The molecule has 0 amide bonds. The number of benzene rings is 1. The highest BCUT2D eigenvalue weighted by Crippen LogP contribution is 2.29. The lowest BCUT2D eigenvalue weighted by atomic mass is 9.92. The number of nitrogens with one attached hydrogen (secondary N) is 1. The molecule has 0 radical (unpaired) electrons. The van der Waals surface area contributed by atoms with Gasteiger partial charge in [-0.05, 0) is 31.9 Å². The number of pyridine rings is 1. The van der Waals surface area contributed by atoms with Gasteiger partial charge in [0.2, 0.25) is 0 Å². The lowest BCUT2D eigenvalue weighted by Crippen LogP contribution is -2.45. The van der Waals surface area contributed by atoms with Crippen molar-refractivity contribution in [2.75, 3.05) is 5.32 Å². The van der Waals surface area contributed by atoms with Gasteiger partial charge in [0, 0.05) is 16.8 Å². The van der Waals surface area contributed by atoms with E-state index >= 15 is 0 Å². The summed E-state index contributed by atoms with van der Waals surface area (Å²) in [5, 5.41) is 13.7. The Kier molecular flexibility index (Phi) is 3.93. The Morgan fingerprint density at radius 3 is 2.55 bits per heavy atom. The molecular weight excluding hydrogens is 252 g/mol. The first-order valence-corrected chi connectivity index (χ1v) is 6.90. The van der Waals surface area contributed by atoms with Gasteiger partial charge in [-0.2, -0.15) is 0 Å². The predicted molar refractivity (Wildman–Crippen MR) is 81.1 cm³/mol. The van der Waals surface area contributed by atoms with Crippen molar-refractivity contribution in [2.45, 2.75) is 39.2 Å². The number of fused-ring (bicyclic) bond motifs is 1. The average Bonchev–Trinajstić information content (AvgIpc) is 2.44. The molecule has 0 fully saturated rings. The number of aliphatic carboxylic acids is 1. The van der Waals surface area contributed by atoms with Crippen molar-refractivity contribution in [1.82, 2.24) is 4.98 Å². The fraction of sp³-hybridized carbons (Fsp3) is 0.375. The van der Waals surface area contributed by atoms with Gasteiger partial charge in [-0.1, -0.05) is 32.0 Å². The minimum atomic E-state index is -0.934. The van der Waals surface area contributed by atoms with E-state index in [-0.39, 0.29) is 0 Å². The molecule has 0 spiro atoms. The van der Waals surface area contributed by atoms with Gasteiger partial charge >= 0.3 is 5.97 Å². The first-order chi connectivity index (χ1) is 9.52. The van der Waals surface area contributed by atoms with E-state index in [9.17, 15) is 9.90 Å². The number of hydrogen-bond acceptors (Lipinski definition) is 3. The van der Waals surface area contributed by atoms with Crippen LogP contribution in [0.4, 0.5) is 5.69 Å². The van der Waals surface area contributed by atoms with Gasteiger partial charge in [-0.25, -0.2) is 4.79 Å². The predicted octanol–water partition coefficient (Wildman–Crippen LogP) is 3.60. The summed E-state index contributed by atoms with van der Waals surface area (Å²) in [6, 6.07) is 9.68. The average molecular weight is 272 g/mol. The van der Waals surface area contributed by atoms with Crippen molar-refractivity contribution >= 4 is 22.6 Å². The van der Waals surface area contributed by atoms with Crippen LogP contribution in [0, 0.1) is 6.92 Å². The molecule has 20 heavy (non-hydrogen) atoms. The molecular formula is C16H20N2O2. The first kappa shape index (κ1) is 14.3. The minimum absolute atomic E-state index is 0.522. The summed E-state index contributed by atoms with van der Waals surface area (Å²) in [6.45, 7) is 5.69. The summed E-state index contributed by atoms with van der Waals surface area (Å²) in [5.74, 6) is -0.818. The molecule has 2 aromatic rings. The maximum Gasteiger partial charge on any atom is 0.329 e. The van der Waals surface area contributed by atoms with Crippen LogP contribution in [-0.2, 0) is 4.79 Å². The fourth-order valence-electron chi connectivity index (χ4n) is 2.45. The summed E-state index contributed by atoms with van der Waals surface area (Å²) in [7, 11) is 0. The molecule has 2 N–H and O–H groups in total. The zero-order chi connectivity index (χ0) is 14.8. The highest BCUT2D eigenvalue weighted by Gasteiger charge is 2.35. The van der Waals surface area contributed by atoms with Gasteiger partial charge in [-0.15, -0.1) is 0 Å². The Hall–Kier alpha value is -2.10. The largest absolute Gasteiger partial charge is 0.480 e. The highest BCUT2D eigenvalue weighted by atomic mass is 16.4. The third-order valence-electron chi connectivity index (χ3n) is 3.83. The molecule has 1 aromatic heterocycles. The lowest BCUT2D eigenvalue weighted by molar-refractivity contribution is -0.142. The Labute approximate surface area is 118 Å². The topological polar surface area (TPSA) is 62.2 Å². The number of carbonyl (C=O) groups is 1. The molecule has 0 atom stereocenters. The number of aromatic nitrogens is 1. The van der Waals surface area contributed by atoms with Gasteiger partial charge in [0.05, 0.1) is 5.52 Å². The second-order valence-electron chi connectivity index (χ2n) is 5.05. The number of carboxylic acid groups (broad SMARTS) is 1. The number of carboxylic acids is 1. The highest BCUT2D eigenvalue weighted by molar-refractivity contribution is 5.94. The van der Waals surface area contributed by atoms with Gasteiger partial charge in [0.1, 0.15) is 5.54 Å². The summed E-state index contributed by atoms with van der Waals surface area (Å²) < 4.78 is 0. The molecule has 0 saturated heterocycles. The Morgan fingerprint density at radius 2 is 1.95 bits per heavy atom. The molecule has 0 unspecified atom stereocenters. The van der Waals surface area contributed by atoms with E-state index in [0.29, 0.717) is 12.8 Å². The van der Waals surface area contributed by atoms with Crippen LogP contribution in [0.25, 0.3) is 10.9 Å². The third kappa shape index (κ3) is 2.46. The van der Waals surface area contributed by atoms with Crippen molar-refractivity contribution in [3.63, 3.8) is 0 Å². The molecule has 0 aliphatic heterocycles. The second kappa shape index (κ2) is 5.49. The van der Waals surface area contributed by atoms with Crippen molar-refractivity contribution in [3.8, 4) is 0 Å². The van der Waals surface area contributed by atoms with E-state index in [1.807, 2.05) is 51.1 Å². The monoisotopic (exact) mass is 272 g/mol. The molecule has 106 valence electrons. The van der Waals surface area contributed by atoms with Gasteiger partial charge in [0.25, 0.3) is 0 Å². The minimum Gasteiger partial charge on any atom is -0.480 e. The fourth-order valence-corrected chi connectivity index (χ4v) is 2.45. The zero-order valence-corrected chi connectivity index (χ0v) is 12.1. The summed E-state index contributed by atoms with van der Waals surface area (Å²) in [6.07, 6.45) is 1.04. The molecule has 0 saturated carbocycles. The Balaban J connectivity index is 2.55. The van der Waals surface area contributed by atoms with Crippen LogP contribution in [0.15, 0.2) is 30.3 Å². The summed E-state index contributed by atoms with van der Waals surface area (Å²) in [5.41, 5.74) is 1.65. The van der Waals surface area contributed by atoms with E-state index in [2.05, 4.69) is 10.3 Å². The molecule has 2 rings (SSSR count). The quantitative estimate of drug-likeness (QED) is 0.873. The number of aryl methyl sites for hydroxylation is 1. The lowest BCUT2D eigenvalue weighted by Gasteiger charge is -2.30. The van der Waals surface area contributed by atoms with Crippen LogP contribution in [-0.4, -0.2) is 21.6 Å². The molecule has 4 heteroatoms. The maximum atomic E-state index is 11.6. The number of anilines is 1. The van der Waals surface area contributed by atoms with E-state index in [1.165, 1.54) is 0 Å². The van der Waals surface area contributed by atoms with Crippen molar-refractivity contribution in [3.05, 3.63) is 36.0 Å². The van der Waals surface area contributed by atoms with Crippen LogP contribution >= 0.6 is 0 Å². The normalized spacial score (nSPS) is 11.6. The standard InChI is InChI=1S/C16H20N2O2/c1-4-16(5-2,15(19)20)18-14-10-11(3)17-13-9-7-6-8-12(13)14/h6-10H,4-5H2,1-3H3,(H,17,18)(H,19,20). The van der Waals surface area contributed by atoms with Crippen LogP contribution in [0.1, 0.15) is 32.4 Å². The van der Waals surface area contributed by atoms with Crippen molar-refractivity contribution in [1.29, 1.82) is 0 Å². The van der Waals surface area contributed by atoms with Crippen LogP contribution in [0.3, 0.4) is 0 Å². The van der Waals surface area contributed by atoms with Gasteiger partial charge in [0.15, 0.2) is 0 Å². The van der Waals surface area contributed by atoms with E-state index in [1.54, 1.807) is 0 Å². The molecule has 0 bridgehead atoms. The van der Waals surface area contributed by atoms with Gasteiger partial charge in [-0.3, -0.25) is 4.98 Å². The smallest absolute Gasteiger partial charge is 0.329 e. The van der Waals surface area contributed by atoms with E-state index < -0.39 is 11.5 Å². The summed E-state index contributed by atoms with van der Waals surface area (Å²) >= 11 is 0. The second-order valence-corrected chi connectivity index (χ2v) is 5.05. The number of rotatable bonds is 5. The van der Waals surface area contributed by atoms with Crippen LogP contribution in [0.2, 0.25) is 0 Å². The molecule has 0 aliphatic rings. The van der Waals surface area contributed by atoms with Crippen LogP contribution < -0.4 is 5.32 Å². The van der Waals surface area contributed by atoms with Crippen molar-refractivity contribution in [2.24, 2.45) is 0 Å². The summed E-state index contributed by atoms with van der Waals surface area (Å²) in [4.78, 5) is 16.1. The number of hydrogen-bond donors (Lipinski definition) is 2. The van der Waals surface area contributed by atoms with Gasteiger partial charge < -0.3 is 10.4 Å². The first-order valence-electron chi connectivity index (χ1n) is 6.90. The number of para-hydroxylation sites is 1.